The summed E-state index contributed by atoms with van der Waals surface area (Å²) >= 11 is 0. The van der Waals surface area contributed by atoms with Gasteiger partial charge in [-0.2, -0.15) is 7.11 Å². The van der Waals surface area contributed by atoms with Crippen molar-refractivity contribution < 1.29 is 27.2 Å². The van der Waals surface area contributed by atoms with E-state index in [1.165, 1.54) is 16.7 Å². The van der Waals surface area contributed by atoms with Gasteiger partial charge in [0.2, 0.25) is 0 Å². The number of hydrogen-bond donors (Lipinski definition) is 0. The number of benzene rings is 8. The number of ether oxygens (including phenoxy) is 1. The third-order valence-electron chi connectivity index (χ3n) is 13.0. The Balaban J connectivity index is 0.00000608. The SMILES string of the molecule is [2H]C(C)(C)c1ccc(-n2c(-c3cc(C)cc(C)c3O[CH2-])nc3c(-c4[c-]c(-c5cc(-c6ccc(-c7ccccc7)cc6)ccn5)cc(-c5ccccc5)c4)cccc32)c(-c2ccc(C(C)(C)C)cc2)c1.[Pt+2]. The average molecular weight is 1080 g/mol. The molecule has 0 saturated heterocycles. The number of pyridine rings is 1. The molecule has 0 radical (unpaired) electrons. The molecule has 10 rings (SSSR count). The monoisotopic (exact) mass is 1080 g/mol. The predicted molar refractivity (Wildman–Crippen MR) is 284 cm³/mol. The zero-order valence-corrected chi connectivity index (χ0v) is 42.4. The fourth-order valence-corrected chi connectivity index (χ4v) is 9.37. The fourth-order valence-electron chi connectivity index (χ4n) is 9.37. The van der Waals surface area contributed by atoms with Crippen LogP contribution in [0.25, 0.3) is 95.0 Å². The molecule has 0 bridgehead atoms. The van der Waals surface area contributed by atoms with Gasteiger partial charge in [0.05, 0.1) is 28.0 Å². The third kappa shape index (κ3) is 9.39. The minimum atomic E-state index is -0.827. The average Bonchev–Trinajstić information content (AvgIpc) is 3.76. The predicted octanol–water partition coefficient (Wildman–Crippen LogP) is 17.1. The first kappa shape index (κ1) is 45.6. The molecule has 0 unspecified atom stereocenters. The van der Waals surface area contributed by atoms with E-state index in [0.717, 1.165) is 101 Å². The van der Waals surface area contributed by atoms with E-state index in [9.17, 15) is 0 Å². The van der Waals surface area contributed by atoms with Crippen LogP contribution in [-0.2, 0) is 26.5 Å². The molecule has 2 aromatic heterocycles. The molecule has 0 atom stereocenters. The fraction of sp³-hybridized carbons (Fsp3) is 0.141. The topological polar surface area (TPSA) is 39.9 Å². The Labute approximate surface area is 423 Å². The Morgan fingerprint density at radius 2 is 1.22 bits per heavy atom. The molecule has 10 aromatic rings. The van der Waals surface area contributed by atoms with Crippen molar-refractivity contribution in [1.29, 1.82) is 0 Å². The van der Waals surface area contributed by atoms with Gasteiger partial charge in [-0.15, -0.1) is 23.8 Å². The number of rotatable bonds is 10. The normalized spacial score (nSPS) is 11.9. The van der Waals surface area contributed by atoms with Gasteiger partial charge in [-0.25, -0.2) is 4.98 Å². The van der Waals surface area contributed by atoms with Crippen LogP contribution in [0.2, 0.25) is 0 Å². The van der Waals surface area contributed by atoms with Crippen LogP contribution in [0.4, 0.5) is 0 Å². The third-order valence-corrected chi connectivity index (χ3v) is 13.0. The smallest absolute Gasteiger partial charge is 0.665 e. The molecule has 2 heterocycles. The summed E-state index contributed by atoms with van der Waals surface area (Å²) in [5.41, 5.74) is 20.0. The van der Waals surface area contributed by atoms with Crippen LogP contribution in [0.5, 0.6) is 5.75 Å². The largest absolute Gasteiger partial charge is 2.00 e. The van der Waals surface area contributed by atoms with Gasteiger partial charge in [0.1, 0.15) is 5.82 Å². The van der Waals surface area contributed by atoms with Crippen molar-refractivity contribution in [3.8, 4) is 89.7 Å². The van der Waals surface area contributed by atoms with Crippen molar-refractivity contribution in [2.24, 2.45) is 0 Å². The van der Waals surface area contributed by atoms with Gasteiger partial charge in [0.15, 0.2) is 0 Å². The number of fused-ring (bicyclic) bond motifs is 1. The molecule has 0 N–H and O–H groups in total. The molecule has 69 heavy (non-hydrogen) atoms. The summed E-state index contributed by atoms with van der Waals surface area (Å²) in [4.78, 5) is 10.6. The maximum Gasteiger partial charge on any atom is 2.00 e. The number of aromatic nitrogens is 3. The Morgan fingerprint density at radius 3 is 1.87 bits per heavy atom. The second kappa shape index (κ2) is 19.5. The zero-order valence-electron chi connectivity index (χ0n) is 41.2. The summed E-state index contributed by atoms with van der Waals surface area (Å²) in [6.07, 6.45) is 1.89. The molecule has 0 aliphatic carbocycles. The number of imidazole rings is 1. The van der Waals surface area contributed by atoms with E-state index in [1.54, 1.807) is 0 Å². The maximum absolute atomic E-state index is 9.13. The van der Waals surface area contributed by atoms with Crippen LogP contribution >= 0.6 is 0 Å². The quantitative estimate of drug-likeness (QED) is 0.128. The molecule has 8 aromatic carbocycles. The first-order valence-electron chi connectivity index (χ1n) is 23.8. The minimum Gasteiger partial charge on any atom is -0.665 e. The van der Waals surface area contributed by atoms with Crippen molar-refractivity contribution >= 4 is 11.0 Å². The Bertz CT molecular complexity index is 3490. The Hall–Kier alpha value is -7.13. The minimum absolute atomic E-state index is 0. The van der Waals surface area contributed by atoms with E-state index in [2.05, 4.69) is 222 Å². The van der Waals surface area contributed by atoms with E-state index in [-0.39, 0.29) is 26.5 Å². The van der Waals surface area contributed by atoms with Gasteiger partial charge in [-0.3, -0.25) is 9.55 Å². The molecule has 0 fully saturated rings. The van der Waals surface area contributed by atoms with Gasteiger partial charge >= 0.3 is 21.1 Å². The standard InChI is InChI=1S/C64H55N3O.Pt/c1-41(2)49-28-31-59(56(39-49)48-26-29-54(30-27-48)64(5,6)7)67-60-21-15-20-55(61(60)66-63(67)57-35-42(3)34-43(4)62(57)68-8)52-36-51(45-18-13-10-14-19-45)37-53(38-52)58-40-50(32-33-65-58)47-24-22-46(23-25-47)44-16-11-9-12-17-44;/h9-37,39-41H,8H2,1-7H3;/q-2;+2/i41D;. The van der Waals surface area contributed by atoms with Gasteiger partial charge in [-0.05, 0) is 111 Å². The van der Waals surface area contributed by atoms with Gasteiger partial charge in [-0.1, -0.05) is 191 Å². The number of hydrogen-bond acceptors (Lipinski definition) is 3. The van der Waals surface area contributed by atoms with Gasteiger partial charge < -0.3 is 4.74 Å². The molecule has 342 valence electrons. The second-order valence-corrected chi connectivity index (χ2v) is 19.0. The Kier molecular flexibility index (Phi) is 12.9. The van der Waals surface area contributed by atoms with Gasteiger partial charge in [0, 0.05) is 18.8 Å². The van der Waals surface area contributed by atoms with Crippen LogP contribution in [0.15, 0.2) is 188 Å². The molecule has 5 heteroatoms. The summed E-state index contributed by atoms with van der Waals surface area (Å²) in [5, 5.41) is 0. The molecule has 0 spiro atoms. The number of nitrogens with zero attached hydrogens (tertiary/aromatic N) is 3. The summed E-state index contributed by atoms with van der Waals surface area (Å²) in [7, 11) is 3.94. The first-order valence-corrected chi connectivity index (χ1v) is 23.3. The number of para-hydroxylation sites is 1. The summed E-state index contributed by atoms with van der Waals surface area (Å²) < 4.78 is 17.4. The van der Waals surface area contributed by atoms with E-state index < -0.39 is 5.89 Å². The van der Waals surface area contributed by atoms with Crippen LogP contribution in [0, 0.1) is 27.0 Å². The zero-order chi connectivity index (χ0) is 48.0. The van der Waals surface area contributed by atoms with Crippen LogP contribution in [0.1, 0.15) is 64.1 Å². The van der Waals surface area contributed by atoms with Crippen molar-refractivity contribution in [2.75, 3.05) is 0 Å². The van der Waals surface area contributed by atoms with Crippen LogP contribution < -0.4 is 4.74 Å². The van der Waals surface area contributed by atoms with Crippen molar-refractivity contribution in [3.63, 3.8) is 0 Å². The molecule has 0 amide bonds. The number of aryl methyl sites for hydroxylation is 2. The van der Waals surface area contributed by atoms with Crippen LogP contribution in [0.3, 0.4) is 0 Å². The van der Waals surface area contributed by atoms with Crippen molar-refractivity contribution in [1.82, 2.24) is 14.5 Å². The summed E-state index contributed by atoms with van der Waals surface area (Å²) in [5.74, 6) is 0.562. The summed E-state index contributed by atoms with van der Waals surface area (Å²) in [6.45, 7) is 14.7. The first-order chi connectivity index (χ1) is 33.2. The van der Waals surface area contributed by atoms with Gasteiger partial charge in [0.25, 0.3) is 0 Å². The van der Waals surface area contributed by atoms with E-state index >= 15 is 0 Å². The molecule has 4 nitrogen and oxygen atoms in total. The van der Waals surface area contributed by atoms with E-state index in [0.29, 0.717) is 5.75 Å². The molecule has 0 aliphatic heterocycles. The van der Waals surface area contributed by atoms with Crippen molar-refractivity contribution in [3.05, 3.63) is 224 Å². The Morgan fingerprint density at radius 1 is 0.594 bits per heavy atom. The molecular formula is C64H55N3OPt. The molecular weight excluding hydrogens is 1020 g/mol. The molecule has 0 aliphatic rings. The van der Waals surface area contributed by atoms with Crippen molar-refractivity contribution in [2.45, 2.75) is 59.8 Å². The summed E-state index contributed by atoms with van der Waals surface area (Å²) in [6, 6.07) is 68.1. The molecule has 0 saturated carbocycles. The maximum atomic E-state index is 9.13. The van der Waals surface area contributed by atoms with E-state index in [1.807, 2.05) is 32.2 Å². The second-order valence-electron chi connectivity index (χ2n) is 19.0. The van der Waals surface area contributed by atoms with E-state index in [4.69, 9.17) is 16.1 Å². The van der Waals surface area contributed by atoms with Crippen LogP contribution in [-0.4, -0.2) is 14.5 Å².